The van der Waals surface area contributed by atoms with E-state index >= 15 is 0 Å². The van der Waals surface area contributed by atoms with Crippen molar-refractivity contribution in [3.63, 3.8) is 0 Å². The van der Waals surface area contributed by atoms with E-state index < -0.39 is 74.7 Å². The molecule has 0 bridgehead atoms. The van der Waals surface area contributed by atoms with Crippen molar-refractivity contribution in [3.8, 4) is 0 Å². The number of aliphatic hydroxyl groups excluding tert-OH is 1. The highest BCUT2D eigenvalue weighted by Crippen LogP contribution is 2.42. The van der Waals surface area contributed by atoms with Crippen molar-refractivity contribution in [1.82, 2.24) is 10.2 Å². The van der Waals surface area contributed by atoms with Gasteiger partial charge in [-0.25, -0.2) is 4.57 Å². The van der Waals surface area contributed by atoms with E-state index in [1.807, 2.05) is 19.0 Å². The van der Waals surface area contributed by atoms with Gasteiger partial charge in [0, 0.05) is 0 Å². The predicted octanol–water partition coefficient (Wildman–Crippen LogP) is 13.6. The van der Waals surface area contributed by atoms with Gasteiger partial charge in [0.1, 0.15) is 24.9 Å². The van der Waals surface area contributed by atoms with Gasteiger partial charge in [0.05, 0.1) is 31.1 Å². The number of phosphoric acid groups is 1. The minimum atomic E-state index is -5.09. The molecule has 0 aromatic carbocycles. The summed E-state index contributed by atoms with van der Waals surface area (Å²) in [5.41, 5.74) is 0. The van der Waals surface area contributed by atoms with Crippen molar-refractivity contribution < 1.29 is 52.6 Å². The van der Waals surface area contributed by atoms with Gasteiger partial charge in [-0.15, -0.1) is 0 Å². The van der Waals surface area contributed by atoms with E-state index in [4.69, 9.17) is 20.2 Å². The van der Waals surface area contributed by atoms with Crippen molar-refractivity contribution >= 4 is 25.7 Å². The molecule has 71 heavy (non-hydrogen) atoms. The third-order valence-electron chi connectivity index (χ3n) is 15.2. The Morgan fingerprint density at radius 1 is 0.662 bits per heavy atom. The second kappa shape index (κ2) is 41.6. The molecule has 13 nitrogen and oxygen atoms in total. The highest BCUT2D eigenvalue weighted by Gasteiger charge is 2.48. The predicted molar refractivity (Wildman–Crippen MR) is 287 cm³/mol. The van der Waals surface area contributed by atoms with Gasteiger partial charge in [-0.05, 0) is 45.7 Å². The molecule has 0 aromatic heterocycles. The first-order valence-corrected chi connectivity index (χ1v) is 31.1. The summed E-state index contributed by atoms with van der Waals surface area (Å²) >= 11 is 0. The number of ether oxygens (including phenoxy) is 3. The van der Waals surface area contributed by atoms with Gasteiger partial charge in [-0.2, -0.15) is 0 Å². The van der Waals surface area contributed by atoms with Crippen LogP contribution in [0.2, 0.25) is 0 Å². The number of carbonyl (C=O) groups excluding carboxylic acids is 3. The van der Waals surface area contributed by atoms with Crippen molar-refractivity contribution in [2.24, 2.45) is 11.8 Å². The highest BCUT2D eigenvalue weighted by molar-refractivity contribution is 7.46. The molecule has 0 spiro atoms. The Morgan fingerprint density at radius 3 is 1.56 bits per heavy atom. The normalized spacial score (nSPS) is 20.7. The Bertz CT molecular complexity index is 1380. The lowest BCUT2D eigenvalue weighted by atomic mass is 9.84. The quantitative estimate of drug-likeness (QED) is 0.0258. The molecule has 4 N–H and O–H groups in total. The lowest BCUT2D eigenvalue weighted by Gasteiger charge is -2.42. The number of phosphoric ester groups is 1. The summed E-state index contributed by atoms with van der Waals surface area (Å²) in [6.45, 7) is 6.08. The van der Waals surface area contributed by atoms with Crippen molar-refractivity contribution in [1.29, 1.82) is 1.43 Å². The standard InChI is InChI=1S/C57H109N2O11P/c1-6-9-12-15-18-21-24-26-29-35-40-48(41-36-30-27-25-22-19-16-13-10-7-2)56(62)69-54-50(58-53(61)44-49(60)42-37-31-28-23-20-17-14-11-8-3)45-67-52(55(54)70-71(64,65)66)46-68-57(63)51(59(4)5)43-47-38-33-32-34-39-47/h47-52,54-55,60H,6-46H2,1-5H3,(H,58,61)(H2,64,65,66)/t49-,50+,51+,52-,54-,55-/m1/s1/i/hD. The Hall–Kier alpha value is -1.60. The SMILES string of the molecule is [2H]OP(=O)(O)O[C@H]1[C@H](OC(=O)C(CCCCCCCCCCCC)CCCCCCCCCCCC)[C@@H](NC(=O)C[C@H](O)CCCCCCCCCCC)CO[C@@H]1COC(=O)[C@H](CC1CCCCC1)N(C)C. The molecule has 1 saturated heterocycles. The van der Waals surface area contributed by atoms with Crippen LogP contribution in [0.25, 0.3) is 0 Å². The summed E-state index contributed by atoms with van der Waals surface area (Å²) in [6, 6.07) is -1.59. The van der Waals surface area contributed by atoms with Crippen LogP contribution >= 0.6 is 7.82 Å². The van der Waals surface area contributed by atoms with Crippen LogP contribution in [0.4, 0.5) is 0 Å². The molecule has 14 heteroatoms. The first-order chi connectivity index (χ1) is 34.8. The van der Waals surface area contributed by atoms with Crippen molar-refractivity contribution in [2.45, 2.75) is 308 Å². The number of nitrogens with one attached hydrogen (secondary N) is 1. The fraction of sp³-hybridized carbons (Fsp3) is 0.947. The van der Waals surface area contributed by atoms with Gasteiger partial charge < -0.3 is 34.4 Å². The summed E-state index contributed by atoms with van der Waals surface area (Å²) in [5.74, 6) is -1.54. The fourth-order valence-corrected chi connectivity index (χ4v) is 11.3. The molecule has 418 valence electrons. The number of amides is 1. The second-order valence-corrected chi connectivity index (χ2v) is 23.1. The molecule has 1 amide bonds. The summed E-state index contributed by atoms with van der Waals surface area (Å²) in [7, 11) is -1.41. The van der Waals surface area contributed by atoms with Gasteiger partial charge in [0.15, 0.2) is 6.10 Å². The maximum atomic E-state index is 14.6. The van der Waals surface area contributed by atoms with Gasteiger partial charge >= 0.3 is 19.8 Å². The average molecular weight is 1030 g/mol. The molecule has 1 aliphatic carbocycles. The number of hydrogen-bond acceptors (Lipinski definition) is 11. The molecule has 1 heterocycles. The largest absolute Gasteiger partial charge is 0.470 e. The first-order valence-electron chi connectivity index (χ1n) is 30.0. The lowest BCUT2D eigenvalue weighted by Crippen LogP contribution is -2.62. The number of nitrogens with zero attached hydrogens (tertiary/aromatic N) is 1. The molecule has 2 fully saturated rings. The minimum absolute atomic E-state index is 0.192. The fourth-order valence-electron chi connectivity index (χ4n) is 10.7. The Labute approximate surface area is 435 Å². The molecule has 0 radical (unpaired) electrons. The summed E-state index contributed by atoms with van der Waals surface area (Å²) < 4.78 is 44.7. The zero-order valence-corrected chi connectivity index (χ0v) is 47.0. The van der Waals surface area contributed by atoms with E-state index in [1.165, 1.54) is 116 Å². The van der Waals surface area contributed by atoms with E-state index in [2.05, 4.69) is 31.0 Å². The van der Waals surface area contributed by atoms with Crippen LogP contribution in [0.3, 0.4) is 0 Å². The smallest absolute Gasteiger partial charge is 0.462 e. The maximum Gasteiger partial charge on any atom is 0.470 e. The van der Waals surface area contributed by atoms with E-state index in [9.17, 15) is 28.9 Å². The molecule has 1 unspecified atom stereocenters. The summed E-state index contributed by atoms with van der Waals surface area (Å²) in [5, 5.41) is 13.8. The number of likely N-dealkylation sites (N-methyl/N-ethyl adjacent to an activating group) is 1. The van der Waals surface area contributed by atoms with Gasteiger partial charge in [-0.3, -0.25) is 23.8 Å². The summed E-state index contributed by atoms with van der Waals surface area (Å²) in [6.07, 6.45) is 36.2. The van der Waals surface area contributed by atoms with Crippen LogP contribution in [0.15, 0.2) is 0 Å². The van der Waals surface area contributed by atoms with E-state index in [0.29, 0.717) is 31.6 Å². The van der Waals surface area contributed by atoms with Crippen LogP contribution in [0.1, 0.15) is 271 Å². The van der Waals surface area contributed by atoms with Crippen LogP contribution in [0.5, 0.6) is 0 Å². The number of unbranched alkanes of at least 4 members (excludes halogenated alkanes) is 26. The van der Waals surface area contributed by atoms with Gasteiger partial charge in [0.2, 0.25) is 7.34 Å². The van der Waals surface area contributed by atoms with Crippen molar-refractivity contribution in [2.75, 3.05) is 27.3 Å². The molecule has 2 aliphatic rings. The third kappa shape index (κ3) is 32.5. The molecular formula is C57H109N2O11P. The van der Waals surface area contributed by atoms with Crippen LogP contribution in [-0.4, -0.2) is 103 Å². The number of carbonyl (C=O) groups is 3. The van der Waals surface area contributed by atoms with Gasteiger partial charge in [0.25, 0.3) is 0 Å². The molecule has 7 atom stereocenters. The van der Waals surface area contributed by atoms with E-state index in [-0.39, 0.29) is 13.0 Å². The monoisotopic (exact) mass is 1030 g/mol. The second-order valence-electron chi connectivity index (χ2n) is 21.9. The number of aliphatic hydroxyl groups is 1. The Balaban J connectivity index is 2.30. The first kappa shape index (κ1) is 63.7. The topological polar surface area (TPSA) is 181 Å². The summed E-state index contributed by atoms with van der Waals surface area (Å²) in [4.78, 5) is 58.7. The zero-order chi connectivity index (χ0) is 52.7. The number of hydrogen-bond donors (Lipinski definition) is 4. The van der Waals surface area contributed by atoms with E-state index in [0.717, 1.165) is 103 Å². The van der Waals surface area contributed by atoms with Crippen LogP contribution < -0.4 is 5.32 Å². The lowest BCUT2D eigenvalue weighted by molar-refractivity contribution is -0.196. The molecule has 0 aromatic rings. The molecular weight excluding hydrogens is 920 g/mol. The number of rotatable bonds is 46. The highest BCUT2D eigenvalue weighted by atomic mass is 31.2. The third-order valence-corrected chi connectivity index (χ3v) is 15.7. The average Bonchev–Trinajstić information content (AvgIpc) is 3.36. The molecule has 1 aliphatic heterocycles. The number of esters is 2. The minimum Gasteiger partial charge on any atom is -0.462 e. The van der Waals surface area contributed by atoms with Crippen molar-refractivity contribution in [3.05, 3.63) is 0 Å². The molecule has 2 rings (SSSR count). The van der Waals surface area contributed by atoms with Gasteiger partial charge in [-0.1, -0.05) is 239 Å². The zero-order valence-electron chi connectivity index (χ0n) is 47.1. The Morgan fingerprint density at radius 2 is 1.11 bits per heavy atom. The van der Waals surface area contributed by atoms with Crippen LogP contribution in [-0.2, 0) is 37.7 Å². The maximum absolute atomic E-state index is 14.6. The van der Waals surface area contributed by atoms with Crippen LogP contribution in [0, 0.1) is 11.8 Å². The van der Waals surface area contributed by atoms with E-state index in [1.54, 1.807) is 0 Å². The Kier molecular flexibility index (Phi) is 37.3. The molecule has 1 saturated carbocycles.